The second-order valence-corrected chi connectivity index (χ2v) is 11.3. The molecule has 38 heavy (non-hydrogen) atoms. The van der Waals surface area contributed by atoms with E-state index in [0.717, 1.165) is 22.0 Å². The van der Waals surface area contributed by atoms with Crippen molar-refractivity contribution in [1.82, 2.24) is 10.2 Å². The molecule has 3 aromatic carbocycles. The Kier molecular flexibility index (Phi) is 9.76. The summed E-state index contributed by atoms with van der Waals surface area (Å²) in [5.41, 5.74) is 1.55. The van der Waals surface area contributed by atoms with Gasteiger partial charge in [0.1, 0.15) is 18.4 Å². The third kappa shape index (κ3) is 7.03. The maximum absolute atomic E-state index is 13.7. The zero-order valence-corrected chi connectivity index (χ0v) is 23.4. The van der Waals surface area contributed by atoms with Crippen molar-refractivity contribution < 1.29 is 22.4 Å². The van der Waals surface area contributed by atoms with Crippen LogP contribution in [0.3, 0.4) is 0 Å². The van der Waals surface area contributed by atoms with Crippen molar-refractivity contribution in [2.24, 2.45) is 0 Å². The highest BCUT2D eigenvalue weighted by Crippen LogP contribution is 2.26. The minimum absolute atomic E-state index is 0.0319. The SMILES string of the molecule is CCNC(=O)C(C)N(Cc1ccc(Cl)c(Cl)c1)C(=O)CN(c1ccc(F)cc1)S(=O)(=O)c1ccc(C)cc1. The molecule has 2 amide bonds. The van der Waals surface area contributed by atoms with Gasteiger partial charge in [-0.2, -0.15) is 0 Å². The van der Waals surface area contributed by atoms with Crippen molar-refractivity contribution >= 4 is 50.7 Å². The van der Waals surface area contributed by atoms with E-state index in [1.54, 1.807) is 44.2 Å². The van der Waals surface area contributed by atoms with Crippen LogP contribution in [0.25, 0.3) is 0 Å². The maximum Gasteiger partial charge on any atom is 0.264 e. The molecule has 0 heterocycles. The zero-order valence-electron chi connectivity index (χ0n) is 21.1. The molecular weight excluding hydrogens is 552 g/mol. The predicted molar refractivity (Wildman–Crippen MR) is 147 cm³/mol. The summed E-state index contributed by atoms with van der Waals surface area (Å²) in [5.74, 6) is -1.61. The molecule has 0 aliphatic carbocycles. The summed E-state index contributed by atoms with van der Waals surface area (Å²) in [6.07, 6.45) is 0. The van der Waals surface area contributed by atoms with Crippen molar-refractivity contribution in [2.45, 2.75) is 38.3 Å². The monoisotopic (exact) mass is 579 g/mol. The topological polar surface area (TPSA) is 86.8 Å². The van der Waals surface area contributed by atoms with Crippen LogP contribution >= 0.6 is 23.2 Å². The highest BCUT2D eigenvalue weighted by Gasteiger charge is 2.32. The molecule has 11 heteroatoms. The number of anilines is 1. The molecule has 0 radical (unpaired) electrons. The van der Waals surface area contributed by atoms with Crippen LogP contribution < -0.4 is 9.62 Å². The number of carbonyl (C=O) groups is 2. The Labute approximate surface area is 232 Å². The molecule has 1 unspecified atom stereocenters. The van der Waals surface area contributed by atoms with Crippen LogP contribution in [-0.4, -0.2) is 44.3 Å². The van der Waals surface area contributed by atoms with Gasteiger partial charge in [-0.25, -0.2) is 12.8 Å². The van der Waals surface area contributed by atoms with Gasteiger partial charge in [0.2, 0.25) is 11.8 Å². The van der Waals surface area contributed by atoms with Crippen molar-refractivity contribution in [3.63, 3.8) is 0 Å². The number of rotatable bonds is 10. The lowest BCUT2D eigenvalue weighted by Crippen LogP contribution is -2.51. The summed E-state index contributed by atoms with van der Waals surface area (Å²) in [6.45, 7) is 4.81. The number of carbonyl (C=O) groups excluding carboxylic acids is 2. The highest BCUT2D eigenvalue weighted by atomic mass is 35.5. The van der Waals surface area contributed by atoms with Gasteiger partial charge in [0, 0.05) is 13.1 Å². The zero-order chi connectivity index (χ0) is 28.0. The Morgan fingerprint density at radius 2 is 1.61 bits per heavy atom. The molecule has 0 saturated heterocycles. The number of benzene rings is 3. The van der Waals surface area contributed by atoms with E-state index < -0.39 is 40.2 Å². The molecule has 202 valence electrons. The normalized spacial score (nSPS) is 12.1. The summed E-state index contributed by atoms with van der Waals surface area (Å²) < 4.78 is 41.9. The second-order valence-electron chi connectivity index (χ2n) is 8.64. The third-order valence-corrected chi connectivity index (χ3v) is 8.38. The van der Waals surface area contributed by atoms with Gasteiger partial charge in [0.05, 0.1) is 20.6 Å². The van der Waals surface area contributed by atoms with E-state index in [1.807, 2.05) is 6.92 Å². The molecule has 0 saturated carbocycles. The first-order valence-corrected chi connectivity index (χ1v) is 14.0. The van der Waals surface area contributed by atoms with Gasteiger partial charge in [-0.3, -0.25) is 13.9 Å². The summed E-state index contributed by atoms with van der Waals surface area (Å²) in [6, 6.07) is 14.8. The van der Waals surface area contributed by atoms with Gasteiger partial charge in [-0.05, 0) is 74.9 Å². The molecule has 3 rings (SSSR count). The fourth-order valence-electron chi connectivity index (χ4n) is 3.71. The first-order chi connectivity index (χ1) is 17.9. The average molecular weight is 581 g/mol. The van der Waals surface area contributed by atoms with E-state index in [-0.39, 0.29) is 22.2 Å². The third-order valence-electron chi connectivity index (χ3n) is 5.86. The van der Waals surface area contributed by atoms with Gasteiger partial charge in [0.15, 0.2) is 0 Å². The fourth-order valence-corrected chi connectivity index (χ4v) is 5.45. The molecule has 1 atom stereocenters. The fraction of sp³-hybridized carbons (Fsp3) is 0.259. The van der Waals surface area contributed by atoms with Crippen LogP contribution in [0.2, 0.25) is 10.0 Å². The van der Waals surface area contributed by atoms with Crippen molar-refractivity contribution in [2.75, 3.05) is 17.4 Å². The van der Waals surface area contributed by atoms with E-state index in [0.29, 0.717) is 17.1 Å². The standard InChI is InChI=1S/C27H28Cl2FN3O4S/c1-4-31-27(35)19(3)32(16-20-7-14-24(28)25(29)15-20)26(34)17-33(22-10-8-21(30)9-11-22)38(36,37)23-12-5-18(2)6-13-23/h5-15,19H,4,16-17H2,1-3H3,(H,31,35). The van der Waals surface area contributed by atoms with E-state index >= 15 is 0 Å². The molecule has 0 spiro atoms. The van der Waals surface area contributed by atoms with E-state index in [4.69, 9.17) is 23.2 Å². The number of hydrogen-bond donors (Lipinski definition) is 1. The molecule has 1 N–H and O–H groups in total. The van der Waals surface area contributed by atoms with E-state index in [1.165, 1.54) is 29.2 Å². The average Bonchev–Trinajstić information content (AvgIpc) is 2.88. The van der Waals surface area contributed by atoms with Crippen LogP contribution in [0.5, 0.6) is 0 Å². The van der Waals surface area contributed by atoms with Gasteiger partial charge in [-0.15, -0.1) is 0 Å². The smallest absolute Gasteiger partial charge is 0.264 e. The number of sulfonamides is 1. The largest absolute Gasteiger partial charge is 0.355 e. The van der Waals surface area contributed by atoms with Crippen molar-refractivity contribution in [3.05, 3.63) is 93.7 Å². The summed E-state index contributed by atoms with van der Waals surface area (Å²) in [7, 11) is -4.23. The lowest BCUT2D eigenvalue weighted by Gasteiger charge is -2.32. The summed E-state index contributed by atoms with van der Waals surface area (Å²) in [5, 5.41) is 3.29. The van der Waals surface area contributed by atoms with Crippen molar-refractivity contribution in [3.8, 4) is 0 Å². The van der Waals surface area contributed by atoms with Crippen LogP contribution in [-0.2, 0) is 26.2 Å². The number of amides is 2. The number of halogens is 3. The lowest BCUT2D eigenvalue weighted by atomic mass is 10.1. The minimum Gasteiger partial charge on any atom is -0.355 e. The molecule has 3 aromatic rings. The van der Waals surface area contributed by atoms with Gasteiger partial charge in [-0.1, -0.05) is 47.0 Å². The van der Waals surface area contributed by atoms with Crippen LogP contribution in [0.1, 0.15) is 25.0 Å². The molecule has 0 aromatic heterocycles. The van der Waals surface area contributed by atoms with Gasteiger partial charge < -0.3 is 10.2 Å². The quantitative estimate of drug-likeness (QED) is 0.358. The Morgan fingerprint density at radius 3 is 2.18 bits per heavy atom. The predicted octanol–water partition coefficient (Wildman–Crippen LogP) is 5.19. The Balaban J connectivity index is 2.03. The molecule has 0 fully saturated rings. The van der Waals surface area contributed by atoms with Gasteiger partial charge >= 0.3 is 0 Å². The molecule has 7 nitrogen and oxygen atoms in total. The lowest BCUT2D eigenvalue weighted by molar-refractivity contribution is -0.139. The van der Waals surface area contributed by atoms with Crippen LogP contribution in [0.15, 0.2) is 71.6 Å². The number of nitrogens with zero attached hydrogens (tertiary/aromatic N) is 2. The number of nitrogens with one attached hydrogen (secondary N) is 1. The highest BCUT2D eigenvalue weighted by molar-refractivity contribution is 7.92. The Morgan fingerprint density at radius 1 is 0.974 bits per heavy atom. The first kappa shape index (κ1) is 29.4. The summed E-state index contributed by atoms with van der Waals surface area (Å²) >= 11 is 12.2. The number of likely N-dealkylation sites (N-methyl/N-ethyl adjacent to an activating group) is 1. The van der Waals surface area contributed by atoms with Crippen LogP contribution in [0.4, 0.5) is 10.1 Å². The van der Waals surface area contributed by atoms with Crippen molar-refractivity contribution in [1.29, 1.82) is 0 Å². The van der Waals surface area contributed by atoms with Gasteiger partial charge in [0.25, 0.3) is 10.0 Å². The second kappa shape index (κ2) is 12.6. The van der Waals surface area contributed by atoms with Crippen LogP contribution in [0, 0.1) is 12.7 Å². The van der Waals surface area contributed by atoms with E-state index in [2.05, 4.69) is 5.32 Å². The minimum atomic E-state index is -4.23. The first-order valence-electron chi connectivity index (χ1n) is 11.8. The number of aryl methyl sites for hydroxylation is 1. The Hall–Kier alpha value is -3.14. The van der Waals surface area contributed by atoms with E-state index in [9.17, 15) is 22.4 Å². The molecule has 0 bridgehead atoms. The summed E-state index contributed by atoms with van der Waals surface area (Å²) in [4.78, 5) is 27.7. The Bertz CT molecular complexity index is 1400. The molecular formula is C27H28Cl2FN3O4S. The maximum atomic E-state index is 13.7. The molecule has 0 aliphatic rings. The number of hydrogen-bond acceptors (Lipinski definition) is 4. The molecule has 0 aliphatic heterocycles.